The van der Waals surface area contributed by atoms with Gasteiger partial charge < -0.3 is 10.3 Å². The number of amides is 1. The third kappa shape index (κ3) is 3.69. The van der Waals surface area contributed by atoms with E-state index in [0.717, 1.165) is 11.3 Å². The molecule has 1 aromatic heterocycles. The van der Waals surface area contributed by atoms with Crippen LogP contribution >= 0.6 is 0 Å². The summed E-state index contributed by atoms with van der Waals surface area (Å²) >= 11 is 0. The summed E-state index contributed by atoms with van der Waals surface area (Å²) in [6.45, 7) is 0.419. The van der Waals surface area contributed by atoms with Gasteiger partial charge in [0.05, 0.1) is 6.33 Å². The Balaban J connectivity index is 1.73. The number of imidazole rings is 1. The van der Waals surface area contributed by atoms with Crippen LogP contribution in [-0.4, -0.2) is 15.9 Å². The minimum Gasteiger partial charge on any atom is -0.352 e. The van der Waals surface area contributed by atoms with Crippen molar-refractivity contribution in [2.75, 3.05) is 0 Å². The molecular formula is C13H14FN3O. The van der Waals surface area contributed by atoms with Crippen LogP contribution < -0.4 is 5.32 Å². The first-order chi connectivity index (χ1) is 8.74. The van der Waals surface area contributed by atoms with E-state index < -0.39 is 0 Å². The zero-order chi connectivity index (χ0) is 12.8. The van der Waals surface area contributed by atoms with Crippen LogP contribution in [0.15, 0.2) is 36.8 Å². The Morgan fingerprint density at radius 1 is 1.33 bits per heavy atom. The molecule has 0 aliphatic rings. The Labute approximate surface area is 104 Å². The fraction of sp³-hybridized carbons (Fsp3) is 0.231. The number of hydrogen-bond donors (Lipinski definition) is 2. The monoisotopic (exact) mass is 247 g/mol. The maximum Gasteiger partial charge on any atom is 0.220 e. The molecule has 0 aliphatic carbocycles. The lowest BCUT2D eigenvalue weighted by atomic mass is 10.2. The molecule has 0 spiro atoms. The molecule has 1 amide bonds. The molecular weight excluding hydrogens is 233 g/mol. The highest BCUT2D eigenvalue weighted by Gasteiger charge is 2.03. The van der Waals surface area contributed by atoms with Crippen LogP contribution in [0.5, 0.6) is 0 Å². The molecule has 2 rings (SSSR count). The normalized spacial score (nSPS) is 10.3. The minimum absolute atomic E-state index is 0.0334. The molecule has 0 bridgehead atoms. The maximum absolute atomic E-state index is 12.7. The molecule has 18 heavy (non-hydrogen) atoms. The van der Waals surface area contributed by atoms with Crippen molar-refractivity contribution in [1.82, 2.24) is 15.3 Å². The number of halogens is 1. The summed E-state index contributed by atoms with van der Waals surface area (Å²) in [4.78, 5) is 18.4. The van der Waals surface area contributed by atoms with Crippen molar-refractivity contribution in [2.45, 2.75) is 19.4 Å². The highest BCUT2D eigenvalue weighted by molar-refractivity contribution is 5.76. The summed E-state index contributed by atoms with van der Waals surface area (Å²) in [7, 11) is 0. The summed E-state index contributed by atoms with van der Waals surface area (Å²) in [6.07, 6.45) is 4.33. The van der Waals surface area contributed by atoms with Gasteiger partial charge in [-0.2, -0.15) is 0 Å². The number of aromatic nitrogens is 2. The van der Waals surface area contributed by atoms with Gasteiger partial charge in [-0.3, -0.25) is 4.79 Å². The van der Waals surface area contributed by atoms with Crippen LogP contribution in [0, 0.1) is 5.82 Å². The van der Waals surface area contributed by atoms with Gasteiger partial charge in [-0.15, -0.1) is 0 Å². The number of aryl methyl sites for hydroxylation is 1. The van der Waals surface area contributed by atoms with Crippen LogP contribution in [0.25, 0.3) is 0 Å². The van der Waals surface area contributed by atoms with Gasteiger partial charge in [-0.25, -0.2) is 9.37 Å². The largest absolute Gasteiger partial charge is 0.352 e. The number of carbonyl (C=O) groups excluding carboxylic acids is 1. The minimum atomic E-state index is -0.274. The van der Waals surface area contributed by atoms with E-state index in [1.54, 1.807) is 24.7 Å². The fourth-order valence-electron chi connectivity index (χ4n) is 1.56. The van der Waals surface area contributed by atoms with Gasteiger partial charge in [0.15, 0.2) is 0 Å². The Bertz CT molecular complexity index is 493. The molecule has 1 heterocycles. The van der Waals surface area contributed by atoms with E-state index in [9.17, 15) is 9.18 Å². The van der Waals surface area contributed by atoms with Crippen molar-refractivity contribution in [3.63, 3.8) is 0 Å². The molecule has 1 aromatic carbocycles. The summed E-state index contributed by atoms with van der Waals surface area (Å²) in [5, 5.41) is 2.79. The Morgan fingerprint density at radius 2 is 2.11 bits per heavy atom. The Hall–Kier alpha value is -2.17. The number of nitrogens with zero attached hydrogens (tertiary/aromatic N) is 1. The number of rotatable bonds is 5. The molecule has 0 saturated heterocycles. The number of nitrogens with one attached hydrogen (secondary N) is 2. The zero-order valence-electron chi connectivity index (χ0n) is 9.82. The highest BCUT2D eigenvalue weighted by atomic mass is 19.1. The predicted molar refractivity (Wildman–Crippen MR) is 65.2 cm³/mol. The molecule has 4 nitrogen and oxygen atoms in total. The summed E-state index contributed by atoms with van der Waals surface area (Å²) in [5.41, 5.74) is 1.82. The highest BCUT2D eigenvalue weighted by Crippen LogP contribution is 2.02. The third-order valence-corrected chi connectivity index (χ3v) is 2.58. The van der Waals surface area contributed by atoms with Crippen LogP contribution in [0.1, 0.15) is 17.7 Å². The smallest absolute Gasteiger partial charge is 0.220 e. The van der Waals surface area contributed by atoms with E-state index in [1.807, 2.05) is 0 Å². The molecule has 0 atom stereocenters. The molecule has 2 aromatic rings. The fourth-order valence-corrected chi connectivity index (χ4v) is 1.56. The third-order valence-electron chi connectivity index (χ3n) is 2.58. The number of hydrogen-bond acceptors (Lipinski definition) is 2. The lowest BCUT2D eigenvalue weighted by molar-refractivity contribution is -0.121. The number of aromatic amines is 1. The lowest BCUT2D eigenvalue weighted by Crippen LogP contribution is -2.23. The second-order valence-corrected chi connectivity index (χ2v) is 3.98. The van der Waals surface area contributed by atoms with E-state index in [0.29, 0.717) is 19.4 Å². The zero-order valence-corrected chi connectivity index (χ0v) is 9.82. The van der Waals surface area contributed by atoms with Crippen molar-refractivity contribution < 1.29 is 9.18 Å². The number of carbonyl (C=O) groups is 1. The van der Waals surface area contributed by atoms with Gasteiger partial charge in [0.1, 0.15) is 5.82 Å². The predicted octanol–water partition coefficient (Wildman–Crippen LogP) is 1.80. The molecule has 0 saturated carbocycles. The van der Waals surface area contributed by atoms with E-state index in [2.05, 4.69) is 15.3 Å². The topological polar surface area (TPSA) is 57.8 Å². The average Bonchev–Trinajstić information content (AvgIpc) is 2.89. The Kier molecular flexibility index (Phi) is 4.06. The van der Waals surface area contributed by atoms with Crippen LogP contribution in [-0.2, 0) is 17.8 Å². The van der Waals surface area contributed by atoms with E-state index in [1.165, 1.54) is 12.1 Å². The summed E-state index contributed by atoms with van der Waals surface area (Å²) in [6, 6.07) is 6.08. The standard InChI is InChI=1S/C13H14FN3O/c14-11-3-1-10(2-4-11)7-16-13(18)6-5-12-8-15-9-17-12/h1-4,8-9H,5-7H2,(H,15,17)(H,16,18). The van der Waals surface area contributed by atoms with Crippen molar-refractivity contribution in [2.24, 2.45) is 0 Å². The van der Waals surface area contributed by atoms with E-state index in [4.69, 9.17) is 0 Å². The second-order valence-electron chi connectivity index (χ2n) is 3.98. The van der Waals surface area contributed by atoms with Crippen LogP contribution in [0.3, 0.4) is 0 Å². The average molecular weight is 247 g/mol. The lowest BCUT2D eigenvalue weighted by Gasteiger charge is -2.04. The molecule has 5 heteroatoms. The molecule has 94 valence electrons. The summed E-state index contributed by atoms with van der Waals surface area (Å²) < 4.78 is 12.7. The first kappa shape index (κ1) is 12.3. The van der Waals surface area contributed by atoms with Gasteiger partial charge in [-0.05, 0) is 24.1 Å². The van der Waals surface area contributed by atoms with Crippen LogP contribution in [0.4, 0.5) is 4.39 Å². The van der Waals surface area contributed by atoms with Crippen molar-refractivity contribution in [3.8, 4) is 0 Å². The van der Waals surface area contributed by atoms with E-state index >= 15 is 0 Å². The SMILES string of the molecule is O=C(CCc1cnc[nH]1)NCc1ccc(F)cc1. The molecule has 0 unspecified atom stereocenters. The first-order valence-electron chi connectivity index (χ1n) is 5.72. The van der Waals surface area contributed by atoms with Gasteiger partial charge in [0, 0.05) is 24.9 Å². The van der Waals surface area contributed by atoms with Crippen molar-refractivity contribution >= 4 is 5.91 Å². The molecule has 2 N–H and O–H groups in total. The Morgan fingerprint density at radius 3 is 2.78 bits per heavy atom. The van der Waals surface area contributed by atoms with Gasteiger partial charge in [0.2, 0.25) is 5.91 Å². The number of H-pyrrole nitrogens is 1. The maximum atomic E-state index is 12.7. The number of benzene rings is 1. The summed E-state index contributed by atoms with van der Waals surface area (Å²) in [5.74, 6) is -0.307. The quantitative estimate of drug-likeness (QED) is 0.846. The molecule has 0 aliphatic heterocycles. The van der Waals surface area contributed by atoms with Gasteiger partial charge in [0.25, 0.3) is 0 Å². The second kappa shape index (κ2) is 5.95. The van der Waals surface area contributed by atoms with E-state index in [-0.39, 0.29) is 11.7 Å². The van der Waals surface area contributed by atoms with Gasteiger partial charge >= 0.3 is 0 Å². The van der Waals surface area contributed by atoms with Crippen molar-refractivity contribution in [3.05, 3.63) is 53.9 Å². The van der Waals surface area contributed by atoms with Gasteiger partial charge in [-0.1, -0.05) is 12.1 Å². The molecule has 0 radical (unpaired) electrons. The van der Waals surface area contributed by atoms with Crippen molar-refractivity contribution in [1.29, 1.82) is 0 Å². The molecule has 0 fully saturated rings. The first-order valence-corrected chi connectivity index (χ1v) is 5.72. The van der Waals surface area contributed by atoms with Crippen LogP contribution in [0.2, 0.25) is 0 Å².